The third-order valence-corrected chi connectivity index (χ3v) is 3.55. The van der Waals surface area contributed by atoms with Crippen LogP contribution < -0.4 is 10.2 Å². The summed E-state index contributed by atoms with van der Waals surface area (Å²) in [5.74, 6) is 0. The van der Waals surface area contributed by atoms with Crippen molar-refractivity contribution in [1.82, 2.24) is 5.32 Å². The highest BCUT2D eigenvalue weighted by molar-refractivity contribution is 5.48. The van der Waals surface area contributed by atoms with Crippen LogP contribution in [0.2, 0.25) is 0 Å². The SMILES string of the molecule is CCNC1CCN(c2ccc(C(F)(F)F)cc2)CC1. The molecule has 0 spiro atoms. The summed E-state index contributed by atoms with van der Waals surface area (Å²) in [7, 11) is 0. The molecule has 0 atom stereocenters. The van der Waals surface area contributed by atoms with Crippen LogP contribution in [0.1, 0.15) is 25.3 Å². The molecule has 2 nitrogen and oxygen atoms in total. The van der Waals surface area contributed by atoms with E-state index in [1.165, 1.54) is 0 Å². The van der Waals surface area contributed by atoms with Gasteiger partial charge in [0.15, 0.2) is 0 Å². The van der Waals surface area contributed by atoms with Crippen LogP contribution in [0.4, 0.5) is 18.9 Å². The summed E-state index contributed by atoms with van der Waals surface area (Å²) < 4.78 is 37.4. The van der Waals surface area contributed by atoms with Gasteiger partial charge in [0.25, 0.3) is 0 Å². The molecule has 0 unspecified atom stereocenters. The molecule has 1 N–H and O–H groups in total. The number of rotatable bonds is 3. The van der Waals surface area contributed by atoms with Gasteiger partial charge in [0.1, 0.15) is 0 Å². The van der Waals surface area contributed by atoms with Gasteiger partial charge in [0, 0.05) is 24.8 Å². The first kappa shape index (κ1) is 14.2. The van der Waals surface area contributed by atoms with Crippen molar-refractivity contribution < 1.29 is 13.2 Å². The van der Waals surface area contributed by atoms with Crippen LogP contribution >= 0.6 is 0 Å². The first-order valence-electron chi connectivity index (χ1n) is 6.66. The lowest BCUT2D eigenvalue weighted by molar-refractivity contribution is -0.137. The van der Waals surface area contributed by atoms with Gasteiger partial charge < -0.3 is 10.2 Å². The molecule has 106 valence electrons. The zero-order chi connectivity index (χ0) is 13.9. The van der Waals surface area contributed by atoms with E-state index in [-0.39, 0.29) is 0 Å². The molecular weight excluding hydrogens is 253 g/mol. The minimum absolute atomic E-state index is 0.538. The second-order valence-corrected chi connectivity index (χ2v) is 4.86. The van der Waals surface area contributed by atoms with Crippen molar-refractivity contribution in [3.63, 3.8) is 0 Å². The molecule has 0 radical (unpaired) electrons. The summed E-state index contributed by atoms with van der Waals surface area (Å²) in [6.07, 6.45) is -2.18. The maximum Gasteiger partial charge on any atom is 0.416 e. The molecule has 2 rings (SSSR count). The second kappa shape index (κ2) is 5.82. The number of nitrogens with one attached hydrogen (secondary N) is 1. The number of piperidine rings is 1. The number of benzene rings is 1. The number of hydrogen-bond acceptors (Lipinski definition) is 2. The number of alkyl halides is 3. The quantitative estimate of drug-likeness (QED) is 0.908. The van der Waals surface area contributed by atoms with Gasteiger partial charge in [-0.15, -0.1) is 0 Å². The van der Waals surface area contributed by atoms with E-state index in [2.05, 4.69) is 17.1 Å². The minimum Gasteiger partial charge on any atom is -0.371 e. The zero-order valence-corrected chi connectivity index (χ0v) is 11.0. The number of hydrogen-bond donors (Lipinski definition) is 1. The van der Waals surface area contributed by atoms with E-state index >= 15 is 0 Å². The summed E-state index contributed by atoms with van der Waals surface area (Å²) in [5, 5.41) is 3.41. The first-order valence-corrected chi connectivity index (χ1v) is 6.66. The predicted octanol–water partition coefficient (Wildman–Crippen LogP) is 3.28. The average Bonchev–Trinajstić information content (AvgIpc) is 2.39. The number of anilines is 1. The third-order valence-electron chi connectivity index (χ3n) is 3.55. The Kier molecular flexibility index (Phi) is 4.34. The summed E-state index contributed by atoms with van der Waals surface area (Å²) in [4.78, 5) is 2.15. The molecule has 1 fully saturated rings. The Bertz CT molecular complexity index is 392. The van der Waals surface area contributed by atoms with Crippen LogP contribution in [0.15, 0.2) is 24.3 Å². The van der Waals surface area contributed by atoms with E-state index < -0.39 is 11.7 Å². The van der Waals surface area contributed by atoms with Gasteiger partial charge in [-0.25, -0.2) is 0 Å². The molecule has 0 amide bonds. The van der Waals surface area contributed by atoms with Gasteiger partial charge in [-0.3, -0.25) is 0 Å². The lowest BCUT2D eigenvalue weighted by Crippen LogP contribution is -2.42. The van der Waals surface area contributed by atoms with Gasteiger partial charge >= 0.3 is 6.18 Å². The Morgan fingerprint density at radius 1 is 1.16 bits per heavy atom. The number of halogens is 3. The third kappa shape index (κ3) is 3.62. The fourth-order valence-corrected chi connectivity index (χ4v) is 2.49. The maximum atomic E-state index is 12.5. The second-order valence-electron chi connectivity index (χ2n) is 4.86. The fourth-order valence-electron chi connectivity index (χ4n) is 2.49. The molecule has 0 aliphatic carbocycles. The van der Waals surface area contributed by atoms with Gasteiger partial charge in [0.2, 0.25) is 0 Å². The Balaban J connectivity index is 1.97. The summed E-state index contributed by atoms with van der Waals surface area (Å²) in [6, 6.07) is 5.99. The van der Waals surface area contributed by atoms with E-state index in [0.717, 1.165) is 50.3 Å². The van der Waals surface area contributed by atoms with Gasteiger partial charge in [-0.05, 0) is 43.7 Å². The van der Waals surface area contributed by atoms with Crippen molar-refractivity contribution in [3.8, 4) is 0 Å². The normalized spacial score (nSPS) is 17.8. The smallest absolute Gasteiger partial charge is 0.371 e. The van der Waals surface area contributed by atoms with Gasteiger partial charge in [-0.2, -0.15) is 13.2 Å². The number of nitrogens with zero attached hydrogens (tertiary/aromatic N) is 1. The monoisotopic (exact) mass is 272 g/mol. The Morgan fingerprint density at radius 3 is 2.21 bits per heavy atom. The Hall–Kier alpha value is -1.23. The first-order chi connectivity index (χ1) is 9.00. The molecular formula is C14H19F3N2. The summed E-state index contributed by atoms with van der Waals surface area (Å²) >= 11 is 0. The zero-order valence-electron chi connectivity index (χ0n) is 11.0. The highest BCUT2D eigenvalue weighted by Crippen LogP contribution is 2.31. The van der Waals surface area contributed by atoms with Crippen LogP contribution in [0.25, 0.3) is 0 Å². The molecule has 19 heavy (non-hydrogen) atoms. The molecule has 0 aromatic heterocycles. The van der Waals surface area contributed by atoms with Crippen LogP contribution in [-0.4, -0.2) is 25.7 Å². The van der Waals surface area contributed by atoms with E-state index in [9.17, 15) is 13.2 Å². The minimum atomic E-state index is -4.25. The van der Waals surface area contributed by atoms with Crippen molar-refractivity contribution in [2.75, 3.05) is 24.5 Å². The largest absolute Gasteiger partial charge is 0.416 e. The molecule has 1 aliphatic rings. The fraction of sp³-hybridized carbons (Fsp3) is 0.571. The highest BCUT2D eigenvalue weighted by Gasteiger charge is 2.30. The predicted molar refractivity (Wildman–Crippen MR) is 70.4 cm³/mol. The molecule has 1 aromatic carbocycles. The highest BCUT2D eigenvalue weighted by atomic mass is 19.4. The molecule has 5 heteroatoms. The van der Waals surface area contributed by atoms with Crippen molar-refractivity contribution in [3.05, 3.63) is 29.8 Å². The maximum absolute atomic E-state index is 12.5. The standard InChI is InChI=1S/C14H19F3N2/c1-2-18-12-7-9-19(10-8-12)13-5-3-11(4-6-13)14(15,16)17/h3-6,12,18H,2,7-10H2,1H3. The van der Waals surface area contributed by atoms with Crippen LogP contribution in [-0.2, 0) is 6.18 Å². The van der Waals surface area contributed by atoms with Crippen molar-refractivity contribution in [2.24, 2.45) is 0 Å². The topological polar surface area (TPSA) is 15.3 Å². The average molecular weight is 272 g/mol. The van der Waals surface area contributed by atoms with E-state index in [1.807, 2.05) is 0 Å². The molecule has 1 aromatic rings. The van der Waals surface area contributed by atoms with E-state index in [0.29, 0.717) is 6.04 Å². The van der Waals surface area contributed by atoms with Crippen molar-refractivity contribution in [2.45, 2.75) is 32.0 Å². The molecule has 1 heterocycles. The molecule has 0 bridgehead atoms. The summed E-state index contributed by atoms with van der Waals surface area (Å²) in [5.41, 5.74) is 0.293. The summed E-state index contributed by atoms with van der Waals surface area (Å²) in [6.45, 7) is 4.83. The molecule has 1 aliphatic heterocycles. The lowest BCUT2D eigenvalue weighted by Gasteiger charge is -2.34. The Labute approximate surface area is 111 Å². The van der Waals surface area contributed by atoms with Crippen LogP contribution in [0, 0.1) is 0 Å². The van der Waals surface area contributed by atoms with E-state index in [1.54, 1.807) is 12.1 Å². The van der Waals surface area contributed by atoms with E-state index in [4.69, 9.17) is 0 Å². The lowest BCUT2D eigenvalue weighted by atomic mass is 10.0. The van der Waals surface area contributed by atoms with Crippen LogP contribution in [0.3, 0.4) is 0 Å². The van der Waals surface area contributed by atoms with Gasteiger partial charge in [-0.1, -0.05) is 6.92 Å². The molecule has 0 saturated carbocycles. The van der Waals surface area contributed by atoms with Crippen LogP contribution in [0.5, 0.6) is 0 Å². The molecule has 1 saturated heterocycles. The van der Waals surface area contributed by atoms with Gasteiger partial charge in [0.05, 0.1) is 5.56 Å². The van der Waals surface area contributed by atoms with Crippen molar-refractivity contribution >= 4 is 5.69 Å². The van der Waals surface area contributed by atoms with Crippen molar-refractivity contribution in [1.29, 1.82) is 0 Å². The Morgan fingerprint density at radius 2 is 1.74 bits per heavy atom.